The van der Waals surface area contributed by atoms with E-state index in [0.29, 0.717) is 12.4 Å². The number of aromatic amines is 1. The quantitative estimate of drug-likeness (QED) is 0.403. The highest BCUT2D eigenvalue weighted by Gasteiger charge is 2.16. The fourth-order valence-electron chi connectivity index (χ4n) is 4.15. The van der Waals surface area contributed by atoms with Crippen LogP contribution in [0.1, 0.15) is 5.56 Å². The van der Waals surface area contributed by atoms with Crippen LogP contribution in [0.4, 0.5) is 17.3 Å². The lowest BCUT2D eigenvalue weighted by atomic mass is 10.0. The molecule has 4 aromatic rings. The zero-order valence-corrected chi connectivity index (χ0v) is 19.3. The number of benzene rings is 2. The van der Waals surface area contributed by atoms with E-state index in [1.165, 1.54) is 5.69 Å². The van der Waals surface area contributed by atoms with Crippen LogP contribution in [0, 0.1) is 11.3 Å². The summed E-state index contributed by atoms with van der Waals surface area (Å²) in [6.45, 7) is 4.22. The predicted octanol–water partition coefficient (Wildman–Crippen LogP) is 4.83. The van der Waals surface area contributed by atoms with Crippen molar-refractivity contribution in [3.63, 3.8) is 0 Å². The Morgan fingerprint density at radius 3 is 2.64 bits per heavy atom. The topological polar surface area (TPSA) is 83.9 Å². The van der Waals surface area contributed by atoms with Crippen LogP contribution in [0.15, 0.2) is 60.8 Å². The molecule has 33 heavy (non-hydrogen) atoms. The molecule has 0 unspecified atom stereocenters. The van der Waals surface area contributed by atoms with E-state index in [9.17, 15) is 0 Å². The van der Waals surface area contributed by atoms with Gasteiger partial charge in [0.25, 0.3) is 0 Å². The largest absolute Gasteiger partial charge is 0.369 e. The SMILES string of the molecule is CSN1CCN(c2ccc(Nc3nc(-c4cccc(CC#N)c4)c4cc[nH]c4n3)cc2)CC1. The highest BCUT2D eigenvalue weighted by Crippen LogP contribution is 2.29. The van der Waals surface area contributed by atoms with Gasteiger partial charge in [-0.15, -0.1) is 0 Å². The van der Waals surface area contributed by atoms with Crippen molar-refractivity contribution >= 4 is 40.3 Å². The molecule has 0 aliphatic carbocycles. The number of anilines is 3. The molecule has 0 atom stereocenters. The minimum Gasteiger partial charge on any atom is -0.369 e. The molecule has 7 nitrogen and oxygen atoms in total. The van der Waals surface area contributed by atoms with E-state index in [2.05, 4.69) is 61.1 Å². The molecule has 5 rings (SSSR count). The first kappa shape index (κ1) is 21.3. The Labute approximate surface area is 197 Å². The number of aromatic nitrogens is 3. The summed E-state index contributed by atoms with van der Waals surface area (Å²) in [5.41, 5.74) is 5.73. The monoisotopic (exact) mass is 455 g/mol. The molecule has 0 amide bonds. The van der Waals surface area contributed by atoms with E-state index in [4.69, 9.17) is 10.2 Å². The van der Waals surface area contributed by atoms with Crippen LogP contribution in [0.25, 0.3) is 22.3 Å². The maximum absolute atomic E-state index is 9.06. The number of nitrogens with one attached hydrogen (secondary N) is 2. The number of hydrogen-bond acceptors (Lipinski definition) is 7. The third-order valence-corrected chi connectivity index (χ3v) is 6.77. The first-order chi connectivity index (χ1) is 16.2. The maximum atomic E-state index is 9.06. The summed E-state index contributed by atoms with van der Waals surface area (Å²) in [6.07, 6.45) is 4.38. The molecule has 0 bridgehead atoms. The number of rotatable bonds is 6. The number of fused-ring (bicyclic) bond motifs is 1. The molecule has 166 valence electrons. The van der Waals surface area contributed by atoms with Crippen LogP contribution < -0.4 is 10.2 Å². The maximum Gasteiger partial charge on any atom is 0.229 e. The van der Waals surface area contributed by atoms with E-state index < -0.39 is 0 Å². The standard InChI is InChI=1S/C25H25N7S/c1-33-32-15-13-31(14-16-32)21-7-5-20(6-8-21)28-25-29-23(22-10-12-27-24(22)30-25)19-4-2-3-18(17-19)9-11-26/h2-8,10,12,17H,9,13-16H2,1H3,(H2,27,28,29,30). The van der Waals surface area contributed by atoms with Crippen LogP contribution in [0.2, 0.25) is 0 Å². The Morgan fingerprint density at radius 1 is 1.06 bits per heavy atom. The first-order valence-corrected chi connectivity index (χ1v) is 12.1. The second-order valence-electron chi connectivity index (χ2n) is 7.94. The molecule has 0 saturated carbocycles. The molecular formula is C25H25N7S. The predicted molar refractivity (Wildman–Crippen MR) is 136 cm³/mol. The summed E-state index contributed by atoms with van der Waals surface area (Å²) >= 11 is 1.82. The fraction of sp³-hybridized carbons (Fsp3) is 0.240. The number of piperazine rings is 1. The molecule has 1 aliphatic heterocycles. The van der Waals surface area contributed by atoms with Gasteiger partial charge in [0.15, 0.2) is 0 Å². The second-order valence-corrected chi connectivity index (χ2v) is 8.82. The van der Waals surface area contributed by atoms with Gasteiger partial charge in [0, 0.05) is 54.7 Å². The Bertz CT molecular complexity index is 1280. The molecule has 1 saturated heterocycles. The smallest absolute Gasteiger partial charge is 0.229 e. The lowest BCUT2D eigenvalue weighted by molar-refractivity contribution is 0.431. The van der Waals surface area contributed by atoms with Crippen molar-refractivity contribution in [2.45, 2.75) is 6.42 Å². The van der Waals surface area contributed by atoms with Gasteiger partial charge in [-0.2, -0.15) is 10.2 Å². The Balaban J connectivity index is 1.39. The minimum atomic E-state index is 0.374. The molecule has 1 fully saturated rings. The summed E-state index contributed by atoms with van der Waals surface area (Å²) in [6, 6.07) is 20.6. The zero-order chi connectivity index (χ0) is 22.6. The van der Waals surface area contributed by atoms with Crippen molar-refractivity contribution in [2.75, 3.05) is 42.7 Å². The van der Waals surface area contributed by atoms with Gasteiger partial charge in [0.05, 0.1) is 18.2 Å². The minimum absolute atomic E-state index is 0.374. The lowest BCUT2D eigenvalue weighted by Gasteiger charge is -2.34. The Kier molecular flexibility index (Phi) is 6.15. The first-order valence-electron chi connectivity index (χ1n) is 11.0. The number of nitrogens with zero attached hydrogens (tertiary/aromatic N) is 5. The molecule has 8 heteroatoms. The lowest BCUT2D eigenvalue weighted by Crippen LogP contribution is -2.43. The van der Waals surface area contributed by atoms with E-state index in [-0.39, 0.29) is 0 Å². The molecule has 2 aromatic carbocycles. The van der Waals surface area contributed by atoms with Crippen molar-refractivity contribution in [3.8, 4) is 17.3 Å². The molecular weight excluding hydrogens is 430 g/mol. The van der Waals surface area contributed by atoms with Gasteiger partial charge < -0.3 is 15.2 Å². The average Bonchev–Trinajstić information content (AvgIpc) is 3.33. The summed E-state index contributed by atoms with van der Waals surface area (Å²) in [5.74, 6) is 0.534. The van der Waals surface area contributed by atoms with Gasteiger partial charge >= 0.3 is 0 Å². The Hall–Kier alpha value is -3.54. The summed E-state index contributed by atoms with van der Waals surface area (Å²) in [7, 11) is 0. The van der Waals surface area contributed by atoms with Crippen molar-refractivity contribution in [3.05, 3.63) is 66.4 Å². The van der Waals surface area contributed by atoms with Crippen LogP contribution in [0.3, 0.4) is 0 Å². The van der Waals surface area contributed by atoms with E-state index >= 15 is 0 Å². The van der Waals surface area contributed by atoms with Crippen molar-refractivity contribution in [2.24, 2.45) is 0 Å². The number of hydrogen-bond donors (Lipinski definition) is 2. The zero-order valence-electron chi connectivity index (χ0n) is 18.5. The Morgan fingerprint density at radius 2 is 1.88 bits per heavy atom. The van der Waals surface area contributed by atoms with E-state index in [0.717, 1.165) is 59.7 Å². The number of nitriles is 1. The van der Waals surface area contributed by atoms with Gasteiger partial charge in [-0.25, -0.2) is 9.29 Å². The fourth-order valence-corrected chi connectivity index (χ4v) is 4.68. The highest BCUT2D eigenvalue weighted by molar-refractivity contribution is 7.96. The van der Waals surface area contributed by atoms with Gasteiger partial charge in [0.1, 0.15) is 5.65 Å². The highest BCUT2D eigenvalue weighted by atomic mass is 32.2. The van der Waals surface area contributed by atoms with Crippen molar-refractivity contribution in [1.29, 1.82) is 5.26 Å². The second kappa shape index (κ2) is 9.53. The molecule has 1 aliphatic rings. The van der Waals surface area contributed by atoms with Crippen LogP contribution in [-0.4, -0.2) is 51.7 Å². The third kappa shape index (κ3) is 4.65. The average molecular weight is 456 g/mol. The van der Waals surface area contributed by atoms with E-state index in [1.807, 2.05) is 48.5 Å². The summed E-state index contributed by atoms with van der Waals surface area (Å²) < 4.78 is 2.40. The van der Waals surface area contributed by atoms with Crippen LogP contribution >= 0.6 is 11.9 Å². The van der Waals surface area contributed by atoms with Gasteiger partial charge in [0.2, 0.25) is 5.95 Å². The van der Waals surface area contributed by atoms with Crippen molar-refractivity contribution in [1.82, 2.24) is 19.3 Å². The molecule has 0 spiro atoms. The van der Waals surface area contributed by atoms with Crippen LogP contribution in [0.5, 0.6) is 0 Å². The van der Waals surface area contributed by atoms with Gasteiger partial charge in [-0.05, 0) is 48.2 Å². The number of H-pyrrole nitrogens is 1. The molecule has 0 radical (unpaired) electrons. The third-order valence-electron chi connectivity index (χ3n) is 5.88. The summed E-state index contributed by atoms with van der Waals surface area (Å²) in [4.78, 5) is 15.1. The normalized spacial score (nSPS) is 14.4. The van der Waals surface area contributed by atoms with Crippen molar-refractivity contribution < 1.29 is 0 Å². The van der Waals surface area contributed by atoms with Crippen LogP contribution in [-0.2, 0) is 6.42 Å². The van der Waals surface area contributed by atoms with E-state index in [1.54, 1.807) is 0 Å². The summed E-state index contributed by atoms with van der Waals surface area (Å²) in [5, 5.41) is 13.4. The van der Waals surface area contributed by atoms with Gasteiger partial charge in [-0.1, -0.05) is 30.1 Å². The van der Waals surface area contributed by atoms with Gasteiger partial charge in [-0.3, -0.25) is 0 Å². The molecule has 2 aromatic heterocycles. The molecule has 3 heterocycles. The molecule has 2 N–H and O–H groups in total.